The summed E-state index contributed by atoms with van der Waals surface area (Å²) in [5, 5.41) is 17.0. The number of carbonyl (C=O) groups is 5. The highest BCUT2D eigenvalue weighted by molar-refractivity contribution is 5.94. The summed E-state index contributed by atoms with van der Waals surface area (Å²) >= 11 is 0. The van der Waals surface area contributed by atoms with Gasteiger partial charge in [-0.3, -0.25) is 19.2 Å². The molecule has 0 aromatic rings. The molecule has 0 heterocycles. The van der Waals surface area contributed by atoms with Crippen molar-refractivity contribution in [1.82, 2.24) is 16.0 Å². The van der Waals surface area contributed by atoms with Crippen LogP contribution in [0.5, 0.6) is 0 Å². The summed E-state index contributed by atoms with van der Waals surface area (Å²) in [6.07, 6.45) is 0.217. The molecule has 0 aromatic carbocycles. The number of hydrogen-bond acceptors (Lipinski definition) is 6. The normalized spacial score (nSPS) is 15.1. The Morgan fingerprint density at radius 1 is 0.781 bits per heavy atom. The van der Waals surface area contributed by atoms with Crippen LogP contribution >= 0.6 is 0 Å². The Morgan fingerprint density at radius 2 is 1.22 bits per heavy atom. The molecule has 0 rings (SSSR count). The van der Waals surface area contributed by atoms with Crippen LogP contribution in [0.1, 0.15) is 60.8 Å². The van der Waals surface area contributed by atoms with Gasteiger partial charge in [-0.25, -0.2) is 4.79 Å². The zero-order valence-electron chi connectivity index (χ0n) is 19.8. The number of primary amides is 1. The van der Waals surface area contributed by atoms with Gasteiger partial charge in [0.1, 0.15) is 18.1 Å². The molecule has 8 N–H and O–H groups in total. The van der Waals surface area contributed by atoms with Gasteiger partial charge < -0.3 is 32.5 Å². The number of carboxylic acids is 1. The van der Waals surface area contributed by atoms with E-state index in [2.05, 4.69) is 16.0 Å². The molecule has 0 fully saturated rings. The molecule has 0 aliphatic heterocycles. The van der Waals surface area contributed by atoms with Crippen LogP contribution in [0.2, 0.25) is 0 Å². The smallest absolute Gasteiger partial charge is 0.326 e. The number of carbonyl (C=O) groups excluding carboxylic acids is 4. The lowest BCUT2D eigenvalue weighted by Gasteiger charge is -2.28. The van der Waals surface area contributed by atoms with Gasteiger partial charge in [-0.05, 0) is 30.6 Å². The first-order valence-electron chi connectivity index (χ1n) is 10.8. The molecule has 0 aromatic heterocycles. The first-order chi connectivity index (χ1) is 14.7. The van der Waals surface area contributed by atoms with E-state index in [1.165, 1.54) is 0 Å². The SMILES string of the molecule is CC(C)CC(NC(=O)C(NC(=O)C(NC(=O)C(N)CCC(N)=O)C(C)C)C(C)C)C(=O)O. The first kappa shape index (κ1) is 29.3. The van der Waals surface area contributed by atoms with E-state index in [1.807, 2.05) is 13.8 Å². The van der Waals surface area contributed by atoms with E-state index in [4.69, 9.17) is 11.5 Å². The predicted molar refractivity (Wildman–Crippen MR) is 119 cm³/mol. The van der Waals surface area contributed by atoms with Crippen molar-refractivity contribution in [2.45, 2.75) is 85.0 Å². The Labute approximate surface area is 189 Å². The van der Waals surface area contributed by atoms with Gasteiger partial charge in [-0.1, -0.05) is 41.5 Å². The second-order valence-corrected chi connectivity index (χ2v) is 9.10. The molecule has 32 heavy (non-hydrogen) atoms. The van der Waals surface area contributed by atoms with Crippen LogP contribution < -0.4 is 27.4 Å². The molecule has 0 aliphatic carbocycles. The maximum Gasteiger partial charge on any atom is 0.326 e. The fraction of sp³-hybridized carbons (Fsp3) is 0.762. The molecule has 4 amide bonds. The summed E-state index contributed by atoms with van der Waals surface area (Å²) in [4.78, 5) is 60.3. The highest BCUT2D eigenvalue weighted by Gasteiger charge is 2.33. The largest absolute Gasteiger partial charge is 0.480 e. The Morgan fingerprint density at radius 3 is 1.59 bits per heavy atom. The van der Waals surface area contributed by atoms with Crippen molar-refractivity contribution in [3.63, 3.8) is 0 Å². The van der Waals surface area contributed by atoms with Crippen molar-refractivity contribution in [1.29, 1.82) is 0 Å². The second-order valence-electron chi connectivity index (χ2n) is 9.10. The van der Waals surface area contributed by atoms with E-state index in [0.717, 1.165) is 0 Å². The lowest BCUT2D eigenvalue weighted by molar-refractivity contribution is -0.143. The van der Waals surface area contributed by atoms with Gasteiger partial charge in [0, 0.05) is 6.42 Å². The molecular weight excluding hydrogens is 418 g/mol. The Hall–Kier alpha value is -2.69. The summed E-state index contributed by atoms with van der Waals surface area (Å²) < 4.78 is 0. The Bertz CT molecular complexity index is 680. The summed E-state index contributed by atoms with van der Waals surface area (Å²) in [6.45, 7) is 10.5. The van der Waals surface area contributed by atoms with Gasteiger partial charge in [0.2, 0.25) is 23.6 Å². The fourth-order valence-electron chi connectivity index (χ4n) is 2.96. The second kappa shape index (κ2) is 13.7. The van der Waals surface area contributed by atoms with Crippen LogP contribution in [0.15, 0.2) is 0 Å². The molecule has 0 spiro atoms. The zero-order valence-corrected chi connectivity index (χ0v) is 19.8. The van der Waals surface area contributed by atoms with Gasteiger partial charge in [0.25, 0.3) is 0 Å². The quantitative estimate of drug-likeness (QED) is 0.202. The molecule has 4 atom stereocenters. The topological polar surface area (TPSA) is 194 Å². The van der Waals surface area contributed by atoms with E-state index in [0.29, 0.717) is 0 Å². The Kier molecular flexibility index (Phi) is 12.5. The predicted octanol–water partition coefficient (Wildman–Crippen LogP) is -0.524. The highest BCUT2D eigenvalue weighted by Crippen LogP contribution is 2.10. The summed E-state index contributed by atoms with van der Waals surface area (Å²) in [5.74, 6) is -4.20. The zero-order chi connectivity index (χ0) is 25.2. The van der Waals surface area contributed by atoms with E-state index in [1.54, 1.807) is 27.7 Å². The first-order valence-corrected chi connectivity index (χ1v) is 10.8. The minimum absolute atomic E-state index is 0.0387. The van der Waals surface area contributed by atoms with Crippen molar-refractivity contribution in [2.24, 2.45) is 29.2 Å². The van der Waals surface area contributed by atoms with Crippen LogP contribution in [-0.2, 0) is 24.0 Å². The molecule has 0 saturated heterocycles. The molecular formula is C21H39N5O6. The minimum atomic E-state index is -1.15. The lowest BCUT2D eigenvalue weighted by atomic mass is 9.98. The molecule has 11 nitrogen and oxygen atoms in total. The van der Waals surface area contributed by atoms with Crippen molar-refractivity contribution in [3.8, 4) is 0 Å². The number of rotatable bonds is 14. The third-order valence-electron chi connectivity index (χ3n) is 4.85. The van der Waals surface area contributed by atoms with Crippen LogP contribution in [-0.4, -0.2) is 58.9 Å². The number of nitrogens with one attached hydrogen (secondary N) is 3. The van der Waals surface area contributed by atoms with Crippen LogP contribution in [0, 0.1) is 17.8 Å². The lowest BCUT2D eigenvalue weighted by Crippen LogP contribution is -2.59. The standard InChI is InChI=1S/C21H39N5O6/c1-10(2)9-14(21(31)32)24-19(29)16(11(3)4)26-20(30)17(12(5)6)25-18(28)13(22)7-8-15(23)27/h10-14,16-17H,7-9,22H2,1-6H3,(H2,23,27)(H,24,29)(H,25,28)(H,26,30)(H,31,32). The number of aliphatic carboxylic acids is 1. The van der Waals surface area contributed by atoms with E-state index in [9.17, 15) is 29.1 Å². The van der Waals surface area contributed by atoms with Crippen molar-refractivity contribution in [3.05, 3.63) is 0 Å². The average molecular weight is 458 g/mol. The third-order valence-corrected chi connectivity index (χ3v) is 4.85. The number of nitrogens with two attached hydrogens (primary N) is 2. The van der Waals surface area contributed by atoms with E-state index < -0.39 is 53.8 Å². The van der Waals surface area contributed by atoms with Gasteiger partial charge in [0.05, 0.1) is 6.04 Å². The van der Waals surface area contributed by atoms with Gasteiger partial charge in [0.15, 0.2) is 0 Å². The van der Waals surface area contributed by atoms with Crippen LogP contribution in [0.3, 0.4) is 0 Å². The monoisotopic (exact) mass is 457 g/mol. The van der Waals surface area contributed by atoms with Crippen LogP contribution in [0.4, 0.5) is 0 Å². The molecule has 0 radical (unpaired) electrons. The maximum absolute atomic E-state index is 12.9. The van der Waals surface area contributed by atoms with Gasteiger partial charge in [-0.15, -0.1) is 0 Å². The number of amides is 4. The maximum atomic E-state index is 12.9. The molecule has 0 saturated carbocycles. The van der Waals surface area contributed by atoms with Crippen molar-refractivity contribution < 1.29 is 29.1 Å². The summed E-state index contributed by atoms with van der Waals surface area (Å²) in [5.41, 5.74) is 10.8. The van der Waals surface area contributed by atoms with E-state index in [-0.39, 0.29) is 37.0 Å². The van der Waals surface area contributed by atoms with E-state index >= 15 is 0 Å². The van der Waals surface area contributed by atoms with Crippen molar-refractivity contribution >= 4 is 29.6 Å². The molecule has 4 unspecified atom stereocenters. The minimum Gasteiger partial charge on any atom is -0.480 e. The number of hydrogen-bond donors (Lipinski definition) is 6. The fourth-order valence-corrected chi connectivity index (χ4v) is 2.96. The summed E-state index contributed by atoms with van der Waals surface area (Å²) in [7, 11) is 0. The van der Waals surface area contributed by atoms with Crippen molar-refractivity contribution in [2.75, 3.05) is 0 Å². The highest BCUT2D eigenvalue weighted by atomic mass is 16.4. The molecule has 0 aliphatic rings. The number of carboxylic acid groups (broad SMARTS) is 1. The molecule has 11 heteroatoms. The average Bonchev–Trinajstić information content (AvgIpc) is 2.66. The summed E-state index contributed by atoms with van der Waals surface area (Å²) in [6, 6.07) is -4.09. The molecule has 0 bridgehead atoms. The van der Waals surface area contributed by atoms with Crippen LogP contribution in [0.25, 0.3) is 0 Å². The van der Waals surface area contributed by atoms with Gasteiger partial charge >= 0.3 is 5.97 Å². The van der Waals surface area contributed by atoms with Gasteiger partial charge in [-0.2, -0.15) is 0 Å². The molecule has 184 valence electrons. The third kappa shape index (κ3) is 10.6. The Balaban J connectivity index is 5.31.